The van der Waals surface area contributed by atoms with Crippen molar-refractivity contribution < 1.29 is 19.3 Å². The summed E-state index contributed by atoms with van der Waals surface area (Å²) < 4.78 is 5.30. The second-order valence-corrected chi connectivity index (χ2v) is 7.47. The Kier molecular flexibility index (Phi) is 5.48. The van der Waals surface area contributed by atoms with Crippen LogP contribution in [0.5, 0.6) is 0 Å². The Morgan fingerprint density at radius 2 is 1.91 bits per heavy atom. The number of likely N-dealkylation sites (tertiary alicyclic amines) is 1. The predicted molar refractivity (Wildman–Crippen MR) is 80.9 cm³/mol. The van der Waals surface area contributed by atoms with Crippen molar-refractivity contribution in [1.82, 2.24) is 9.91 Å². The minimum Gasteiger partial charge on any atom is -0.569 e. The first-order valence-corrected chi connectivity index (χ1v) is 7.46. The molecule has 8 nitrogen and oxygen atoms in total. The van der Waals surface area contributed by atoms with Crippen LogP contribution in [0.15, 0.2) is 5.28 Å². The van der Waals surface area contributed by atoms with Crippen LogP contribution in [0.25, 0.3) is 0 Å². The monoisotopic (exact) mass is 316 g/mol. The fourth-order valence-electron chi connectivity index (χ4n) is 1.72. The summed E-state index contributed by atoms with van der Waals surface area (Å²) in [5.74, 6) is 0. The quantitative estimate of drug-likeness (QED) is 0.454. The van der Waals surface area contributed by atoms with Gasteiger partial charge < -0.3 is 19.7 Å². The van der Waals surface area contributed by atoms with Crippen LogP contribution in [0.2, 0.25) is 0 Å². The normalized spacial score (nSPS) is 20.0. The van der Waals surface area contributed by atoms with Gasteiger partial charge in [0.2, 0.25) is 5.28 Å². The molecule has 0 unspecified atom stereocenters. The minimum absolute atomic E-state index is 0.294. The van der Waals surface area contributed by atoms with E-state index in [2.05, 4.69) is 5.28 Å². The van der Waals surface area contributed by atoms with Crippen molar-refractivity contribution in [2.24, 2.45) is 5.28 Å². The van der Waals surface area contributed by atoms with Gasteiger partial charge in [-0.2, -0.15) is 0 Å². The second kappa shape index (κ2) is 6.58. The molecule has 0 aromatic carbocycles. The van der Waals surface area contributed by atoms with Gasteiger partial charge in [-0.15, -0.1) is 5.01 Å². The highest BCUT2D eigenvalue weighted by atomic mass is 16.7. The van der Waals surface area contributed by atoms with Gasteiger partial charge in [0.1, 0.15) is 5.60 Å². The molecule has 1 aliphatic rings. The third-order valence-electron chi connectivity index (χ3n) is 3.29. The van der Waals surface area contributed by atoms with E-state index in [1.54, 1.807) is 11.9 Å². The number of carbonyl (C=O) groups excluding carboxylic acids is 1. The van der Waals surface area contributed by atoms with Crippen molar-refractivity contribution in [3.05, 3.63) is 5.21 Å². The summed E-state index contributed by atoms with van der Waals surface area (Å²) >= 11 is 0. The Morgan fingerprint density at radius 3 is 2.41 bits per heavy atom. The van der Waals surface area contributed by atoms with Crippen LogP contribution in [0.1, 0.15) is 48.0 Å². The molecule has 1 aliphatic heterocycles. The number of hydrazine groups is 1. The van der Waals surface area contributed by atoms with Crippen molar-refractivity contribution >= 4 is 6.09 Å². The molecule has 0 radical (unpaired) electrons. The van der Waals surface area contributed by atoms with E-state index < -0.39 is 5.60 Å². The number of rotatable bonds is 3. The van der Waals surface area contributed by atoms with Crippen LogP contribution in [-0.4, -0.2) is 58.4 Å². The van der Waals surface area contributed by atoms with Gasteiger partial charge in [0.25, 0.3) is 0 Å². The average Bonchev–Trinajstić information content (AvgIpc) is 2.80. The highest BCUT2D eigenvalue weighted by Crippen LogP contribution is 2.18. The Morgan fingerprint density at radius 1 is 1.32 bits per heavy atom. The van der Waals surface area contributed by atoms with Gasteiger partial charge >= 0.3 is 6.09 Å². The number of hydrogen-bond donors (Lipinski definition) is 0. The Bertz CT molecular complexity index is 426. The molecule has 0 aromatic rings. The van der Waals surface area contributed by atoms with Gasteiger partial charge in [-0.1, -0.05) is 0 Å². The van der Waals surface area contributed by atoms with Crippen molar-refractivity contribution in [3.63, 3.8) is 0 Å². The molecule has 0 spiro atoms. The second-order valence-electron chi connectivity index (χ2n) is 7.47. The molecule has 128 valence electrons. The standard InChI is InChI=1S/C14H28N4O4/c1-13(2,3)16(7)18(20)15-22-11-8-9-17(10-11)12(19)21-14(4,5)6/h11H,8-10H2,1-7H3/b18-15-/t11-/m1/s1. The number of amides is 1. The molecule has 1 fully saturated rings. The lowest BCUT2D eigenvalue weighted by molar-refractivity contribution is -0.720. The molecule has 0 saturated carbocycles. The summed E-state index contributed by atoms with van der Waals surface area (Å²) in [6.07, 6.45) is -0.0442. The van der Waals surface area contributed by atoms with Crippen molar-refractivity contribution in [2.75, 3.05) is 20.1 Å². The Balaban J connectivity index is 2.49. The summed E-state index contributed by atoms with van der Waals surface area (Å²) in [4.78, 5) is 19.2. The van der Waals surface area contributed by atoms with Crippen LogP contribution in [0.3, 0.4) is 0 Å². The molecule has 1 atom stereocenters. The van der Waals surface area contributed by atoms with Crippen molar-refractivity contribution in [1.29, 1.82) is 0 Å². The van der Waals surface area contributed by atoms with E-state index in [-0.39, 0.29) is 17.7 Å². The van der Waals surface area contributed by atoms with Crippen molar-refractivity contribution in [2.45, 2.75) is 65.2 Å². The van der Waals surface area contributed by atoms with Gasteiger partial charge in [-0.05, 0) is 41.5 Å². The molecular formula is C14H28N4O4. The molecule has 8 heteroatoms. The van der Waals surface area contributed by atoms with E-state index in [1.165, 1.54) is 5.01 Å². The SMILES string of the molecule is CN(/[N+]([O-])=N/O[C@@H]1CCN(C(=O)OC(C)(C)C)C1)C(C)(C)C. The summed E-state index contributed by atoms with van der Waals surface area (Å²) in [7, 11) is 1.64. The highest BCUT2D eigenvalue weighted by molar-refractivity contribution is 5.68. The molecule has 0 N–H and O–H groups in total. The number of carbonyl (C=O) groups is 1. The minimum atomic E-state index is -0.526. The van der Waals surface area contributed by atoms with Gasteiger partial charge in [0.15, 0.2) is 6.10 Å². The first-order chi connectivity index (χ1) is 9.90. The maximum absolute atomic E-state index is 11.9. The summed E-state index contributed by atoms with van der Waals surface area (Å²) in [5.41, 5.74) is -0.880. The maximum atomic E-state index is 11.9. The van der Waals surface area contributed by atoms with Crippen LogP contribution in [-0.2, 0) is 9.57 Å². The van der Waals surface area contributed by atoms with Gasteiger partial charge in [-0.3, -0.25) is 0 Å². The lowest BCUT2D eigenvalue weighted by Crippen LogP contribution is -2.42. The van der Waals surface area contributed by atoms with E-state index in [0.29, 0.717) is 24.5 Å². The zero-order chi connectivity index (χ0) is 17.1. The van der Waals surface area contributed by atoms with E-state index in [4.69, 9.17) is 9.57 Å². The highest BCUT2D eigenvalue weighted by Gasteiger charge is 2.32. The molecular weight excluding hydrogens is 288 g/mol. The van der Waals surface area contributed by atoms with Crippen LogP contribution in [0, 0.1) is 5.21 Å². The summed E-state index contributed by atoms with van der Waals surface area (Å²) in [5, 5.41) is 16.8. The zero-order valence-electron chi connectivity index (χ0n) is 14.6. The Hall–Kier alpha value is -1.73. The third kappa shape index (κ3) is 5.57. The smallest absolute Gasteiger partial charge is 0.410 e. The molecule has 22 heavy (non-hydrogen) atoms. The first-order valence-electron chi connectivity index (χ1n) is 7.46. The van der Waals surface area contributed by atoms with E-state index in [9.17, 15) is 10.0 Å². The van der Waals surface area contributed by atoms with Gasteiger partial charge in [0.05, 0.1) is 24.1 Å². The molecule has 1 amide bonds. The molecule has 0 aromatic heterocycles. The summed E-state index contributed by atoms with van der Waals surface area (Å²) in [6.45, 7) is 12.0. The maximum Gasteiger partial charge on any atom is 0.410 e. The number of ether oxygens (including phenoxy) is 1. The summed E-state index contributed by atoms with van der Waals surface area (Å²) in [6, 6.07) is 0. The first kappa shape index (κ1) is 18.3. The largest absolute Gasteiger partial charge is 0.569 e. The van der Waals surface area contributed by atoms with E-state index in [0.717, 1.165) is 0 Å². The lowest BCUT2D eigenvalue weighted by Gasteiger charge is -2.26. The third-order valence-corrected chi connectivity index (χ3v) is 3.29. The molecule has 1 heterocycles. The molecule has 1 rings (SSSR count). The van der Waals surface area contributed by atoms with Gasteiger partial charge in [-0.25, -0.2) is 4.79 Å². The average molecular weight is 316 g/mol. The Labute approximate surface area is 132 Å². The zero-order valence-corrected chi connectivity index (χ0v) is 14.6. The van der Waals surface area contributed by atoms with Gasteiger partial charge in [0, 0.05) is 13.0 Å². The molecule has 0 bridgehead atoms. The van der Waals surface area contributed by atoms with Crippen LogP contribution >= 0.6 is 0 Å². The fraction of sp³-hybridized carbons (Fsp3) is 0.929. The predicted octanol–water partition coefficient (Wildman–Crippen LogP) is 2.54. The fourth-order valence-corrected chi connectivity index (χ4v) is 1.72. The molecule has 0 aliphatic carbocycles. The number of nitrogens with zero attached hydrogens (tertiary/aromatic N) is 4. The van der Waals surface area contributed by atoms with Crippen LogP contribution < -0.4 is 0 Å². The van der Waals surface area contributed by atoms with Crippen molar-refractivity contribution in [3.8, 4) is 0 Å². The van der Waals surface area contributed by atoms with E-state index in [1.807, 2.05) is 41.5 Å². The molecule has 1 saturated heterocycles. The topological polar surface area (TPSA) is 80.4 Å². The van der Waals surface area contributed by atoms with Crippen LogP contribution in [0.4, 0.5) is 4.79 Å². The lowest BCUT2D eigenvalue weighted by atomic mass is 10.1. The van der Waals surface area contributed by atoms with E-state index >= 15 is 0 Å². The number of hydrogen-bond acceptors (Lipinski definition) is 5.